The molecule has 0 aromatic heterocycles. The standard InChI is InChI=1S/C14H19BrO2/c1-10(2)5-4-8-17-12-6-7-13(11(3)16)14(15)9-12/h6-7,9-10H,4-5,8H2,1-3H3. The second-order valence-electron chi connectivity index (χ2n) is 4.58. The number of halogens is 1. The maximum absolute atomic E-state index is 11.2. The smallest absolute Gasteiger partial charge is 0.160 e. The van der Waals surface area contributed by atoms with E-state index in [-0.39, 0.29) is 5.78 Å². The summed E-state index contributed by atoms with van der Waals surface area (Å²) in [5.41, 5.74) is 0.694. The third-order valence-corrected chi connectivity index (χ3v) is 3.17. The normalized spacial score (nSPS) is 10.6. The molecule has 0 heterocycles. The van der Waals surface area contributed by atoms with E-state index < -0.39 is 0 Å². The number of carbonyl (C=O) groups excluding carboxylic acids is 1. The molecule has 3 heteroatoms. The van der Waals surface area contributed by atoms with Crippen LogP contribution in [0, 0.1) is 5.92 Å². The first-order valence-electron chi connectivity index (χ1n) is 5.94. The number of rotatable bonds is 6. The van der Waals surface area contributed by atoms with Crippen LogP contribution in [0.5, 0.6) is 5.75 Å². The lowest BCUT2D eigenvalue weighted by atomic mass is 10.1. The topological polar surface area (TPSA) is 26.3 Å². The van der Waals surface area contributed by atoms with Crippen LogP contribution in [-0.4, -0.2) is 12.4 Å². The lowest BCUT2D eigenvalue weighted by Crippen LogP contribution is -2.00. The second-order valence-corrected chi connectivity index (χ2v) is 5.44. The average Bonchev–Trinajstić information content (AvgIpc) is 2.23. The Hall–Kier alpha value is -0.830. The highest BCUT2D eigenvalue weighted by Crippen LogP contribution is 2.23. The molecule has 1 aromatic carbocycles. The van der Waals surface area contributed by atoms with E-state index in [0.29, 0.717) is 11.5 Å². The highest BCUT2D eigenvalue weighted by Gasteiger charge is 2.06. The van der Waals surface area contributed by atoms with Crippen molar-refractivity contribution in [3.63, 3.8) is 0 Å². The molecule has 1 aromatic rings. The van der Waals surface area contributed by atoms with E-state index in [1.807, 2.05) is 12.1 Å². The number of ketones is 1. The predicted octanol–water partition coefficient (Wildman–Crippen LogP) is 4.47. The molecule has 1 rings (SSSR count). The van der Waals surface area contributed by atoms with Gasteiger partial charge in [-0.2, -0.15) is 0 Å². The van der Waals surface area contributed by atoms with Gasteiger partial charge in [-0.25, -0.2) is 0 Å². The fraction of sp³-hybridized carbons (Fsp3) is 0.500. The van der Waals surface area contributed by atoms with E-state index >= 15 is 0 Å². The van der Waals surface area contributed by atoms with Gasteiger partial charge < -0.3 is 4.74 Å². The zero-order chi connectivity index (χ0) is 12.8. The van der Waals surface area contributed by atoms with Gasteiger partial charge in [0.05, 0.1) is 6.61 Å². The highest BCUT2D eigenvalue weighted by molar-refractivity contribution is 9.10. The number of benzene rings is 1. The summed E-state index contributed by atoms with van der Waals surface area (Å²) in [4.78, 5) is 11.2. The van der Waals surface area contributed by atoms with Crippen molar-refractivity contribution in [2.24, 2.45) is 5.92 Å². The van der Waals surface area contributed by atoms with Crippen LogP contribution in [-0.2, 0) is 0 Å². The molecular formula is C14H19BrO2. The lowest BCUT2D eigenvalue weighted by molar-refractivity contribution is 0.101. The fourth-order valence-corrected chi connectivity index (χ4v) is 2.19. The largest absolute Gasteiger partial charge is 0.494 e. The zero-order valence-electron chi connectivity index (χ0n) is 10.6. The van der Waals surface area contributed by atoms with Crippen molar-refractivity contribution < 1.29 is 9.53 Å². The summed E-state index contributed by atoms with van der Waals surface area (Å²) in [7, 11) is 0. The molecule has 0 radical (unpaired) electrons. The maximum atomic E-state index is 11.2. The molecule has 0 amide bonds. The van der Waals surface area contributed by atoms with Crippen LogP contribution >= 0.6 is 15.9 Å². The van der Waals surface area contributed by atoms with Gasteiger partial charge in [0, 0.05) is 10.0 Å². The average molecular weight is 299 g/mol. The van der Waals surface area contributed by atoms with Crippen LogP contribution in [0.2, 0.25) is 0 Å². The molecule has 0 N–H and O–H groups in total. The Morgan fingerprint density at radius 2 is 2.12 bits per heavy atom. The molecule has 94 valence electrons. The van der Waals surface area contributed by atoms with Crippen molar-refractivity contribution in [1.82, 2.24) is 0 Å². The number of ether oxygens (including phenoxy) is 1. The van der Waals surface area contributed by atoms with Gasteiger partial charge in [-0.3, -0.25) is 4.79 Å². The SMILES string of the molecule is CC(=O)c1ccc(OCCCC(C)C)cc1Br. The quantitative estimate of drug-likeness (QED) is 0.572. The molecule has 0 saturated heterocycles. The minimum absolute atomic E-state index is 0.0585. The van der Waals surface area contributed by atoms with Gasteiger partial charge in [0.1, 0.15) is 5.75 Å². The highest BCUT2D eigenvalue weighted by atomic mass is 79.9. The molecule has 0 saturated carbocycles. The van der Waals surface area contributed by atoms with Crippen LogP contribution in [0.1, 0.15) is 44.0 Å². The van der Waals surface area contributed by atoms with Crippen molar-refractivity contribution in [3.8, 4) is 5.75 Å². The first-order chi connectivity index (χ1) is 8.00. The van der Waals surface area contributed by atoms with Gasteiger partial charge in [-0.15, -0.1) is 0 Å². The van der Waals surface area contributed by atoms with Crippen molar-refractivity contribution in [1.29, 1.82) is 0 Å². The third kappa shape index (κ3) is 4.90. The monoisotopic (exact) mass is 298 g/mol. The maximum Gasteiger partial charge on any atom is 0.160 e. The Bertz CT molecular complexity index is 386. The van der Waals surface area contributed by atoms with E-state index in [0.717, 1.165) is 23.2 Å². The van der Waals surface area contributed by atoms with Crippen LogP contribution < -0.4 is 4.74 Å². The number of hydrogen-bond donors (Lipinski definition) is 0. The minimum Gasteiger partial charge on any atom is -0.494 e. The van der Waals surface area contributed by atoms with E-state index in [1.165, 1.54) is 6.42 Å². The lowest BCUT2D eigenvalue weighted by Gasteiger charge is -2.09. The van der Waals surface area contributed by atoms with Gasteiger partial charge in [0.15, 0.2) is 5.78 Å². The first kappa shape index (κ1) is 14.2. The molecule has 17 heavy (non-hydrogen) atoms. The van der Waals surface area contributed by atoms with Crippen LogP contribution in [0.15, 0.2) is 22.7 Å². The predicted molar refractivity (Wildman–Crippen MR) is 73.7 cm³/mol. The Morgan fingerprint density at radius 3 is 2.65 bits per heavy atom. The summed E-state index contributed by atoms with van der Waals surface area (Å²) < 4.78 is 6.43. The van der Waals surface area contributed by atoms with Crippen LogP contribution in [0.25, 0.3) is 0 Å². The zero-order valence-corrected chi connectivity index (χ0v) is 12.2. The molecule has 0 aliphatic rings. The summed E-state index contributed by atoms with van der Waals surface area (Å²) in [6.45, 7) is 6.70. The summed E-state index contributed by atoms with van der Waals surface area (Å²) in [5.74, 6) is 1.58. The number of hydrogen-bond acceptors (Lipinski definition) is 2. The Kier molecular flexibility index (Phi) is 5.69. The van der Waals surface area contributed by atoms with E-state index in [9.17, 15) is 4.79 Å². The molecule has 0 spiro atoms. The minimum atomic E-state index is 0.0585. The Labute approximate surface area is 111 Å². The van der Waals surface area contributed by atoms with Crippen molar-refractivity contribution in [2.45, 2.75) is 33.6 Å². The molecule has 0 aliphatic carbocycles. The van der Waals surface area contributed by atoms with Crippen molar-refractivity contribution in [2.75, 3.05) is 6.61 Å². The van der Waals surface area contributed by atoms with Gasteiger partial charge in [-0.1, -0.05) is 13.8 Å². The fourth-order valence-electron chi connectivity index (χ4n) is 1.55. The Morgan fingerprint density at radius 1 is 1.41 bits per heavy atom. The molecule has 0 atom stereocenters. The molecule has 0 fully saturated rings. The van der Waals surface area contributed by atoms with Crippen LogP contribution in [0.3, 0.4) is 0 Å². The van der Waals surface area contributed by atoms with E-state index in [4.69, 9.17) is 4.74 Å². The van der Waals surface area contributed by atoms with Gasteiger partial charge >= 0.3 is 0 Å². The molecular weight excluding hydrogens is 280 g/mol. The summed E-state index contributed by atoms with van der Waals surface area (Å²) in [6.07, 6.45) is 2.23. The number of carbonyl (C=O) groups is 1. The van der Waals surface area contributed by atoms with Crippen molar-refractivity contribution in [3.05, 3.63) is 28.2 Å². The summed E-state index contributed by atoms with van der Waals surface area (Å²) in [5, 5.41) is 0. The molecule has 0 unspecified atom stereocenters. The van der Waals surface area contributed by atoms with Gasteiger partial charge in [-0.05, 0) is 59.8 Å². The van der Waals surface area contributed by atoms with E-state index in [1.54, 1.807) is 13.0 Å². The molecule has 0 bridgehead atoms. The molecule has 0 aliphatic heterocycles. The van der Waals surface area contributed by atoms with E-state index in [2.05, 4.69) is 29.8 Å². The first-order valence-corrected chi connectivity index (χ1v) is 6.73. The third-order valence-electron chi connectivity index (χ3n) is 2.51. The number of Topliss-reactive ketones (excluding diaryl/α,β-unsaturated/α-hetero) is 1. The van der Waals surface area contributed by atoms with Crippen LogP contribution in [0.4, 0.5) is 0 Å². The van der Waals surface area contributed by atoms with Crippen molar-refractivity contribution >= 4 is 21.7 Å². The van der Waals surface area contributed by atoms with Gasteiger partial charge in [0.25, 0.3) is 0 Å². The van der Waals surface area contributed by atoms with Gasteiger partial charge in [0.2, 0.25) is 0 Å². The summed E-state index contributed by atoms with van der Waals surface area (Å²) >= 11 is 3.38. The molecule has 2 nitrogen and oxygen atoms in total. The Balaban J connectivity index is 2.50. The second kappa shape index (κ2) is 6.80. The summed E-state index contributed by atoms with van der Waals surface area (Å²) in [6, 6.07) is 5.49.